The first kappa shape index (κ1) is 33.5. The van der Waals surface area contributed by atoms with Crippen molar-refractivity contribution in [3.05, 3.63) is 188 Å². The molecular weight excluding hydrogens is 751 g/mol. The second-order valence-electron chi connectivity index (χ2n) is 15.3. The molecule has 8 nitrogen and oxygen atoms in total. The lowest BCUT2D eigenvalue weighted by Gasteiger charge is -2.12. The normalized spacial score (nSPS) is 11.9. The molecule has 5 heterocycles. The zero-order chi connectivity index (χ0) is 40.0. The van der Waals surface area contributed by atoms with Gasteiger partial charge >= 0.3 is 0 Å². The number of hydrogen-bond donors (Lipinski definition) is 0. The second kappa shape index (κ2) is 13.0. The van der Waals surface area contributed by atoms with E-state index in [1.165, 1.54) is 0 Å². The molecule has 0 spiro atoms. The first-order valence-corrected chi connectivity index (χ1v) is 20.3. The van der Waals surface area contributed by atoms with Crippen molar-refractivity contribution in [2.75, 3.05) is 0 Å². The van der Waals surface area contributed by atoms with Gasteiger partial charge in [0.25, 0.3) is 0 Å². The smallest absolute Gasteiger partial charge is 0.238 e. The Morgan fingerprint density at radius 2 is 0.951 bits per heavy atom. The van der Waals surface area contributed by atoms with E-state index in [1.807, 2.05) is 78.9 Å². The van der Waals surface area contributed by atoms with Crippen LogP contribution in [0.5, 0.6) is 0 Å². The van der Waals surface area contributed by atoms with Crippen LogP contribution in [-0.4, -0.2) is 34.1 Å². The number of aromatic nitrogens is 7. The van der Waals surface area contributed by atoms with E-state index in [4.69, 9.17) is 29.3 Å². The highest BCUT2D eigenvalue weighted by Gasteiger charge is 2.26. The van der Waals surface area contributed by atoms with E-state index < -0.39 is 0 Å². The van der Waals surface area contributed by atoms with Gasteiger partial charge in [-0.1, -0.05) is 164 Å². The van der Waals surface area contributed by atoms with E-state index in [1.54, 1.807) is 0 Å². The van der Waals surface area contributed by atoms with Crippen molar-refractivity contribution >= 4 is 76.5 Å². The van der Waals surface area contributed by atoms with Gasteiger partial charge in [0.05, 0.1) is 33.1 Å². The maximum absolute atomic E-state index is 6.58. The molecule has 0 amide bonds. The van der Waals surface area contributed by atoms with Crippen LogP contribution in [-0.2, 0) is 0 Å². The van der Waals surface area contributed by atoms with Crippen molar-refractivity contribution in [1.82, 2.24) is 34.1 Å². The highest BCUT2D eigenvalue weighted by atomic mass is 16.3. The molecule has 0 aliphatic heterocycles. The molecule has 8 aromatic carbocycles. The van der Waals surface area contributed by atoms with Crippen LogP contribution in [0.25, 0.3) is 122 Å². The van der Waals surface area contributed by atoms with E-state index in [0.29, 0.717) is 29.3 Å². The van der Waals surface area contributed by atoms with Gasteiger partial charge < -0.3 is 4.42 Å². The van der Waals surface area contributed by atoms with Crippen molar-refractivity contribution in [3.63, 3.8) is 0 Å². The van der Waals surface area contributed by atoms with Crippen LogP contribution in [0, 0.1) is 0 Å². The second-order valence-corrected chi connectivity index (χ2v) is 15.3. The number of rotatable bonds is 5. The Bertz CT molecular complexity index is 3820. The summed E-state index contributed by atoms with van der Waals surface area (Å²) in [5.74, 6) is 2.24. The minimum atomic E-state index is 0.514. The van der Waals surface area contributed by atoms with Crippen LogP contribution in [0.3, 0.4) is 0 Å². The van der Waals surface area contributed by atoms with E-state index in [2.05, 4.69) is 118 Å². The van der Waals surface area contributed by atoms with E-state index in [9.17, 15) is 0 Å². The lowest BCUT2D eigenvalue weighted by atomic mass is 9.99. The summed E-state index contributed by atoms with van der Waals surface area (Å²) in [6, 6.07) is 64.5. The zero-order valence-corrected chi connectivity index (χ0v) is 32.4. The Morgan fingerprint density at radius 3 is 1.70 bits per heavy atom. The highest BCUT2D eigenvalue weighted by Crippen LogP contribution is 2.43. The number of para-hydroxylation sites is 3. The molecule has 0 saturated heterocycles. The molecule has 0 radical (unpaired) electrons. The summed E-state index contributed by atoms with van der Waals surface area (Å²) in [6.45, 7) is 0. The molecule has 0 aliphatic rings. The van der Waals surface area contributed by atoms with Crippen LogP contribution in [0.4, 0.5) is 0 Å². The topological polar surface area (TPSA) is 87.5 Å². The molecule has 0 atom stereocenters. The molecule has 5 aromatic heterocycles. The Balaban J connectivity index is 1.15. The van der Waals surface area contributed by atoms with Gasteiger partial charge in [0.2, 0.25) is 17.6 Å². The summed E-state index contributed by atoms with van der Waals surface area (Å²) in [4.78, 5) is 26.3. The van der Waals surface area contributed by atoms with Gasteiger partial charge in [-0.15, -0.1) is 0 Å². The Labute approximate surface area is 347 Å². The van der Waals surface area contributed by atoms with Crippen molar-refractivity contribution in [3.8, 4) is 45.9 Å². The number of benzene rings is 8. The maximum Gasteiger partial charge on any atom is 0.238 e. The quantitative estimate of drug-likeness (QED) is 0.173. The van der Waals surface area contributed by atoms with Crippen LogP contribution in [0.15, 0.2) is 192 Å². The average Bonchev–Trinajstić information content (AvgIpc) is 3.99. The van der Waals surface area contributed by atoms with Gasteiger partial charge in [0.1, 0.15) is 5.58 Å². The predicted octanol–water partition coefficient (Wildman–Crippen LogP) is 12.9. The van der Waals surface area contributed by atoms with Gasteiger partial charge in [-0.05, 0) is 35.0 Å². The molecule has 0 aliphatic carbocycles. The van der Waals surface area contributed by atoms with Gasteiger partial charge in [0.15, 0.2) is 11.6 Å². The third-order valence-electron chi connectivity index (χ3n) is 11.8. The SMILES string of the molecule is c1ccc(-c2nc(-c3ccccc3)nc(-n3c4ccccc4c4ccc5c(c6ccccc6n5-c5nc(-c6cccc7ccccc67)c6c(n5)oc5ccccc56)c43)n2)cc1. The van der Waals surface area contributed by atoms with Crippen LogP contribution in [0.2, 0.25) is 0 Å². The van der Waals surface area contributed by atoms with Gasteiger partial charge in [-0.25, -0.2) is 9.97 Å². The minimum Gasteiger partial charge on any atom is -0.437 e. The summed E-state index contributed by atoms with van der Waals surface area (Å²) in [5, 5.41) is 8.37. The molecule has 0 fully saturated rings. The van der Waals surface area contributed by atoms with Crippen molar-refractivity contribution in [2.24, 2.45) is 0 Å². The first-order chi connectivity index (χ1) is 30.3. The van der Waals surface area contributed by atoms with E-state index in [-0.39, 0.29) is 0 Å². The molecule has 0 saturated carbocycles. The predicted molar refractivity (Wildman–Crippen MR) is 245 cm³/mol. The first-order valence-electron chi connectivity index (χ1n) is 20.3. The Morgan fingerprint density at radius 1 is 0.361 bits per heavy atom. The van der Waals surface area contributed by atoms with Gasteiger partial charge in [-0.3, -0.25) is 9.13 Å². The largest absolute Gasteiger partial charge is 0.437 e. The fourth-order valence-corrected chi connectivity index (χ4v) is 9.17. The van der Waals surface area contributed by atoms with Gasteiger partial charge in [-0.2, -0.15) is 15.0 Å². The Kier molecular flexibility index (Phi) is 7.14. The summed E-state index contributed by atoms with van der Waals surface area (Å²) < 4.78 is 11.0. The molecule has 13 rings (SSSR count). The molecule has 61 heavy (non-hydrogen) atoms. The maximum atomic E-state index is 6.58. The van der Waals surface area contributed by atoms with E-state index >= 15 is 0 Å². The average molecular weight is 782 g/mol. The van der Waals surface area contributed by atoms with Gasteiger partial charge in [0, 0.05) is 43.6 Å². The standard InChI is InChI=1S/C53H31N7O/c1-3-17-33(18-4-1)49-55-50(34-19-5-2-6-20-34)57-53(56-49)60-41-27-12-9-23-36(41)38-30-31-43-45(48(38)60)39-24-10-13-28-42(39)59(43)52-54-47(37-26-15-21-32-16-7-8-22-35(32)37)46-40-25-11-14-29-44(40)61-51(46)58-52/h1-31H. The molecule has 13 aromatic rings. The zero-order valence-electron chi connectivity index (χ0n) is 32.4. The molecule has 0 bridgehead atoms. The lowest BCUT2D eigenvalue weighted by molar-refractivity contribution is 0.651. The third-order valence-corrected chi connectivity index (χ3v) is 11.8. The highest BCUT2D eigenvalue weighted by molar-refractivity contribution is 6.26. The fourth-order valence-electron chi connectivity index (χ4n) is 9.17. The summed E-state index contributed by atoms with van der Waals surface area (Å²) in [6.07, 6.45) is 0. The molecule has 8 heteroatoms. The summed E-state index contributed by atoms with van der Waals surface area (Å²) in [5.41, 5.74) is 8.82. The van der Waals surface area contributed by atoms with E-state index in [0.717, 1.165) is 93.1 Å². The lowest BCUT2D eigenvalue weighted by Crippen LogP contribution is -2.06. The monoisotopic (exact) mass is 781 g/mol. The fraction of sp³-hybridized carbons (Fsp3) is 0. The number of nitrogens with zero attached hydrogens (tertiary/aromatic N) is 7. The summed E-state index contributed by atoms with van der Waals surface area (Å²) in [7, 11) is 0. The Hall–Kier alpha value is -8.49. The number of furan rings is 1. The summed E-state index contributed by atoms with van der Waals surface area (Å²) >= 11 is 0. The molecule has 0 N–H and O–H groups in total. The van der Waals surface area contributed by atoms with Crippen molar-refractivity contribution in [1.29, 1.82) is 0 Å². The van der Waals surface area contributed by atoms with Crippen LogP contribution >= 0.6 is 0 Å². The van der Waals surface area contributed by atoms with Crippen LogP contribution < -0.4 is 0 Å². The minimum absolute atomic E-state index is 0.514. The number of hydrogen-bond acceptors (Lipinski definition) is 6. The van der Waals surface area contributed by atoms with Crippen molar-refractivity contribution in [2.45, 2.75) is 0 Å². The van der Waals surface area contributed by atoms with Crippen LogP contribution in [0.1, 0.15) is 0 Å². The molecular formula is C53H31N7O. The molecule has 284 valence electrons. The molecule has 0 unspecified atom stereocenters. The third kappa shape index (κ3) is 5.03. The van der Waals surface area contributed by atoms with Crippen molar-refractivity contribution < 1.29 is 4.42 Å². The number of fused-ring (bicyclic) bond motifs is 11.